The SMILES string of the molecule is c1ccc(-c2ccc(-n3c4ccccc4c4cc5c(cc43)Oc3cc4c(cc3O5)[nH]c3ccccc34)cc2)cc1. The van der Waals surface area contributed by atoms with E-state index in [2.05, 4.69) is 119 Å². The molecule has 8 aromatic rings. The lowest BCUT2D eigenvalue weighted by Gasteiger charge is -2.21. The van der Waals surface area contributed by atoms with Gasteiger partial charge in [-0.3, -0.25) is 0 Å². The second-order valence-corrected chi connectivity index (χ2v) is 10.3. The maximum Gasteiger partial charge on any atom is 0.172 e. The monoisotopic (exact) mass is 514 g/mol. The number of aromatic amines is 1. The molecular formula is C36H22N2O2. The van der Waals surface area contributed by atoms with Gasteiger partial charge in [0.05, 0.1) is 16.6 Å². The number of rotatable bonds is 2. The molecule has 0 unspecified atom stereocenters. The molecule has 0 radical (unpaired) electrons. The van der Waals surface area contributed by atoms with Gasteiger partial charge in [0.1, 0.15) is 0 Å². The number of para-hydroxylation sites is 2. The third kappa shape index (κ3) is 3.07. The zero-order chi connectivity index (χ0) is 26.2. The van der Waals surface area contributed by atoms with Crippen molar-refractivity contribution in [1.82, 2.24) is 9.55 Å². The number of hydrogen-bond donors (Lipinski definition) is 1. The summed E-state index contributed by atoms with van der Waals surface area (Å²) in [7, 11) is 0. The second-order valence-electron chi connectivity index (χ2n) is 10.3. The summed E-state index contributed by atoms with van der Waals surface area (Å²) in [6.07, 6.45) is 0. The van der Waals surface area contributed by atoms with E-state index in [1.807, 2.05) is 18.2 Å². The van der Waals surface area contributed by atoms with Crippen molar-refractivity contribution in [3.8, 4) is 39.8 Å². The highest BCUT2D eigenvalue weighted by atomic mass is 16.6. The van der Waals surface area contributed by atoms with Crippen LogP contribution in [0.4, 0.5) is 0 Å². The Kier molecular flexibility index (Phi) is 4.30. The van der Waals surface area contributed by atoms with Gasteiger partial charge < -0.3 is 19.0 Å². The Morgan fingerprint density at radius 2 is 1.05 bits per heavy atom. The molecule has 9 rings (SSSR count). The molecular weight excluding hydrogens is 492 g/mol. The Morgan fingerprint density at radius 3 is 1.88 bits per heavy atom. The van der Waals surface area contributed by atoms with E-state index >= 15 is 0 Å². The first-order chi connectivity index (χ1) is 19.8. The van der Waals surface area contributed by atoms with Gasteiger partial charge in [0, 0.05) is 44.9 Å². The number of aromatic nitrogens is 2. The molecule has 1 N–H and O–H groups in total. The molecule has 40 heavy (non-hydrogen) atoms. The maximum atomic E-state index is 6.52. The number of benzene rings is 6. The van der Waals surface area contributed by atoms with Crippen LogP contribution in [0.3, 0.4) is 0 Å². The first-order valence-electron chi connectivity index (χ1n) is 13.4. The van der Waals surface area contributed by atoms with Crippen LogP contribution in [-0.4, -0.2) is 9.55 Å². The third-order valence-electron chi connectivity index (χ3n) is 7.98. The Hall–Kier alpha value is -5.48. The normalized spacial score (nSPS) is 12.4. The minimum Gasteiger partial charge on any atom is -0.449 e. The average molecular weight is 515 g/mol. The second kappa shape index (κ2) is 8.01. The molecule has 4 nitrogen and oxygen atoms in total. The van der Waals surface area contributed by atoms with Gasteiger partial charge >= 0.3 is 0 Å². The van der Waals surface area contributed by atoms with E-state index in [0.717, 1.165) is 50.0 Å². The molecule has 0 bridgehead atoms. The fraction of sp³-hybridized carbons (Fsp3) is 0. The lowest BCUT2D eigenvalue weighted by atomic mass is 10.1. The van der Waals surface area contributed by atoms with Crippen molar-refractivity contribution in [2.75, 3.05) is 0 Å². The van der Waals surface area contributed by atoms with Crippen molar-refractivity contribution < 1.29 is 9.47 Å². The van der Waals surface area contributed by atoms with Gasteiger partial charge in [-0.25, -0.2) is 0 Å². The molecule has 1 aliphatic rings. The van der Waals surface area contributed by atoms with Gasteiger partial charge in [0.2, 0.25) is 0 Å². The van der Waals surface area contributed by atoms with Crippen LogP contribution in [0.25, 0.3) is 60.4 Å². The molecule has 4 heteroatoms. The first kappa shape index (κ1) is 21.5. The third-order valence-corrected chi connectivity index (χ3v) is 7.98. The molecule has 0 amide bonds. The molecule has 0 aliphatic carbocycles. The van der Waals surface area contributed by atoms with Gasteiger partial charge in [0.25, 0.3) is 0 Å². The molecule has 188 valence electrons. The summed E-state index contributed by atoms with van der Waals surface area (Å²) in [5, 5.41) is 4.59. The summed E-state index contributed by atoms with van der Waals surface area (Å²) in [6, 6.07) is 44.4. The lowest BCUT2D eigenvalue weighted by Crippen LogP contribution is -2.00. The zero-order valence-electron chi connectivity index (χ0n) is 21.4. The van der Waals surface area contributed by atoms with Crippen molar-refractivity contribution >= 4 is 43.6 Å². The fourth-order valence-corrected chi connectivity index (χ4v) is 6.10. The Bertz CT molecular complexity index is 2260. The van der Waals surface area contributed by atoms with Crippen molar-refractivity contribution in [3.05, 3.63) is 127 Å². The summed E-state index contributed by atoms with van der Waals surface area (Å²) >= 11 is 0. The molecule has 0 fully saturated rings. The van der Waals surface area contributed by atoms with Crippen LogP contribution in [0.1, 0.15) is 0 Å². The summed E-state index contributed by atoms with van der Waals surface area (Å²) < 4.78 is 15.3. The van der Waals surface area contributed by atoms with E-state index < -0.39 is 0 Å². The van der Waals surface area contributed by atoms with Gasteiger partial charge in [-0.15, -0.1) is 0 Å². The van der Waals surface area contributed by atoms with Gasteiger partial charge in [-0.2, -0.15) is 0 Å². The molecule has 0 saturated heterocycles. The van der Waals surface area contributed by atoms with Crippen LogP contribution in [0.5, 0.6) is 23.0 Å². The van der Waals surface area contributed by atoms with Gasteiger partial charge in [0.15, 0.2) is 23.0 Å². The van der Waals surface area contributed by atoms with Crippen molar-refractivity contribution in [3.63, 3.8) is 0 Å². The van der Waals surface area contributed by atoms with Crippen LogP contribution in [-0.2, 0) is 0 Å². The predicted octanol–water partition coefficient (Wildman–Crippen LogP) is 9.98. The molecule has 0 atom stereocenters. The summed E-state index contributed by atoms with van der Waals surface area (Å²) in [4.78, 5) is 3.50. The number of nitrogens with zero attached hydrogens (tertiary/aromatic N) is 1. The van der Waals surface area contributed by atoms with Crippen LogP contribution < -0.4 is 9.47 Å². The fourth-order valence-electron chi connectivity index (χ4n) is 6.10. The van der Waals surface area contributed by atoms with Crippen LogP contribution in [0.15, 0.2) is 127 Å². The highest BCUT2D eigenvalue weighted by Crippen LogP contribution is 2.50. The number of fused-ring (bicyclic) bond motifs is 8. The van der Waals surface area contributed by atoms with E-state index in [0.29, 0.717) is 11.5 Å². The van der Waals surface area contributed by atoms with Gasteiger partial charge in [-0.05, 0) is 47.5 Å². The lowest BCUT2D eigenvalue weighted by molar-refractivity contribution is 0.361. The summed E-state index contributed by atoms with van der Waals surface area (Å²) in [6.45, 7) is 0. The largest absolute Gasteiger partial charge is 0.449 e. The number of hydrogen-bond acceptors (Lipinski definition) is 2. The molecule has 0 spiro atoms. The standard InChI is InChI=1S/C36H22N2O2/c1-2-8-22(9-3-1)23-14-16-24(17-15-23)38-31-13-7-5-11-26(31)28-19-34-36(21-32(28)38)40-33-18-27-25-10-4-6-12-29(25)37-30(27)20-35(33)39-34/h1-21,37H. The van der Waals surface area contributed by atoms with Crippen LogP contribution >= 0.6 is 0 Å². The summed E-state index contributed by atoms with van der Waals surface area (Å²) in [5.74, 6) is 2.87. The quantitative estimate of drug-likeness (QED) is 0.249. The Balaban J connectivity index is 1.21. The van der Waals surface area contributed by atoms with Crippen molar-refractivity contribution in [1.29, 1.82) is 0 Å². The predicted molar refractivity (Wildman–Crippen MR) is 162 cm³/mol. The molecule has 0 saturated carbocycles. The highest BCUT2D eigenvalue weighted by Gasteiger charge is 2.24. The highest BCUT2D eigenvalue weighted by molar-refractivity contribution is 6.11. The maximum absolute atomic E-state index is 6.52. The molecule has 6 aromatic carbocycles. The van der Waals surface area contributed by atoms with Crippen molar-refractivity contribution in [2.45, 2.75) is 0 Å². The van der Waals surface area contributed by atoms with Crippen molar-refractivity contribution in [2.24, 2.45) is 0 Å². The number of ether oxygens (including phenoxy) is 2. The van der Waals surface area contributed by atoms with E-state index in [4.69, 9.17) is 9.47 Å². The summed E-state index contributed by atoms with van der Waals surface area (Å²) in [5.41, 5.74) is 7.85. The molecule has 1 aliphatic heterocycles. The minimum absolute atomic E-state index is 0.712. The van der Waals surface area contributed by atoms with Gasteiger partial charge in [-0.1, -0.05) is 78.9 Å². The average Bonchev–Trinajstić information content (AvgIpc) is 3.53. The number of nitrogens with one attached hydrogen (secondary N) is 1. The first-order valence-corrected chi connectivity index (χ1v) is 13.4. The smallest absolute Gasteiger partial charge is 0.172 e. The zero-order valence-corrected chi connectivity index (χ0v) is 21.4. The molecule has 2 aromatic heterocycles. The number of H-pyrrole nitrogens is 1. The van der Waals surface area contributed by atoms with Crippen LogP contribution in [0.2, 0.25) is 0 Å². The minimum atomic E-state index is 0.712. The van der Waals surface area contributed by atoms with E-state index in [1.54, 1.807) is 0 Å². The van der Waals surface area contributed by atoms with E-state index in [1.165, 1.54) is 21.9 Å². The van der Waals surface area contributed by atoms with E-state index in [-0.39, 0.29) is 0 Å². The molecule has 3 heterocycles. The van der Waals surface area contributed by atoms with Crippen LogP contribution in [0, 0.1) is 0 Å². The Morgan fingerprint density at radius 1 is 0.425 bits per heavy atom. The topological polar surface area (TPSA) is 39.2 Å². The van der Waals surface area contributed by atoms with E-state index in [9.17, 15) is 0 Å². The Labute approximate surface area is 229 Å².